The maximum atomic E-state index is 12.6. The van der Waals surface area contributed by atoms with Crippen molar-refractivity contribution in [3.05, 3.63) is 50.4 Å². The molecule has 1 saturated heterocycles. The molecule has 4 rings (SSSR count). The molecule has 0 aliphatic carbocycles. The molecule has 2 aromatic heterocycles. The summed E-state index contributed by atoms with van der Waals surface area (Å²) in [6.45, 7) is 1.30. The number of H-pyrrole nitrogens is 1. The molecule has 1 aromatic carbocycles. The first-order chi connectivity index (χ1) is 14.0. The average Bonchev–Trinajstić information content (AvgIpc) is 3.12. The molecule has 3 N–H and O–H groups in total. The van der Waals surface area contributed by atoms with Gasteiger partial charge in [-0.2, -0.15) is 5.10 Å². The van der Waals surface area contributed by atoms with Crippen molar-refractivity contribution in [2.24, 2.45) is 0 Å². The van der Waals surface area contributed by atoms with E-state index in [1.54, 1.807) is 16.8 Å². The molecular formula is C18H19Cl2N5O4. The number of aliphatic hydroxyl groups excluding tert-OH is 1. The minimum absolute atomic E-state index is 0.0843. The molecule has 0 spiro atoms. The van der Waals surface area contributed by atoms with Gasteiger partial charge in [-0.15, -0.1) is 0 Å². The van der Waals surface area contributed by atoms with Crippen LogP contribution in [0.2, 0.25) is 10.0 Å². The monoisotopic (exact) mass is 439 g/mol. The van der Waals surface area contributed by atoms with Gasteiger partial charge in [0, 0.05) is 6.54 Å². The number of rotatable bonds is 6. The molecular weight excluding hydrogens is 421 g/mol. The summed E-state index contributed by atoms with van der Waals surface area (Å²) in [5, 5.41) is 17.4. The van der Waals surface area contributed by atoms with Gasteiger partial charge in [0.15, 0.2) is 5.52 Å². The standard InChI is InChI=1S/C18H19Cl2N5O4/c19-13-2-1-10(3-14(13)20)4-21-18-23-15-5-22-25(16(15)17(27)24-18)6-11-8-29-12(7-26)9-28-11/h1-3,5,11-12,26H,4,6-9H2,(H2,21,23,24,27)/t11-,12+/m1/s1. The van der Waals surface area contributed by atoms with E-state index in [0.29, 0.717) is 53.3 Å². The predicted molar refractivity (Wildman–Crippen MR) is 109 cm³/mol. The summed E-state index contributed by atoms with van der Waals surface area (Å²) in [6.07, 6.45) is 0.970. The summed E-state index contributed by atoms with van der Waals surface area (Å²) in [5.41, 5.74) is 1.41. The van der Waals surface area contributed by atoms with Crippen LogP contribution in [0.3, 0.4) is 0 Å². The number of aliphatic hydroxyl groups is 1. The highest BCUT2D eigenvalue weighted by molar-refractivity contribution is 6.42. The lowest BCUT2D eigenvalue weighted by Gasteiger charge is -2.28. The van der Waals surface area contributed by atoms with Crippen LogP contribution in [0.15, 0.2) is 29.2 Å². The van der Waals surface area contributed by atoms with Gasteiger partial charge in [0.2, 0.25) is 5.95 Å². The maximum absolute atomic E-state index is 12.6. The van der Waals surface area contributed by atoms with Gasteiger partial charge in [0.1, 0.15) is 17.7 Å². The molecule has 0 radical (unpaired) electrons. The molecule has 2 atom stereocenters. The molecule has 154 valence electrons. The van der Waals surface area contributed by atoms with Crippen LogP contribution in [-0.2, 0) is 22.6 Å². The highest BCUT2D eigenvalue weighted by Crippen LogP contribution is 2.23. The van der Waals surface area contributed by atoms with E-state index in [1.807, 2.05) is 6.07 Å². The number of benzene rings is 1. The Morgan fingerprint density at radius 3 is 2.76 bits per heavy atom. The number of halogens is 2. The summed E-state index contributed by atoms with van der Waals surface area (Å²) >= 11 is 11.9. The number of hydrogen-bond donors (Lipinski definition) is 3. The molecule has 3 heterocycles. The Kier molecular flexibility index (Phi) is 6.02. The second-order valence-electron chi connectivity index (χ2n) is 6.67. The predicted octanol–water partition coefficient (Wildman–Crippen LogP) is 1.81. The van der Waals surface area contributed by atoms with Gasteiger partial charge in [-0.25, -0.2) is 4.98 Å². The molecule has 0 amide bonds. The van der Waals surface area contributed by atoms with Gasteiger partial charge in [0.05, 0.1) is 42.6 Å². The molecule has 29 heavy (non-hydrogen) atoms. The van der Waals surface area contributed by atoms with Gasteiger partial charge >= 0.3 is 0 Å². The lowest BCUT2D eigenvalue weighted by atomic mass is 10.2. The van der Waals surface area contributed by atoms with E-state index in [0.717, 1.165) is 5.56 Å². The topological polar surface area (TPSA) is 114 Å². The summed E-state index contributed by atoms with van der Waals surface area (Å²) in [6, 6.07) is 5.30. The van der Waals surface area contributed by atoms with Crippen LogP contribution < -0.4 is 10.9 Å². The first kappa shape index (κ1) is 20.1. The Labute approximate surface area is 175 Å². The number of nitrogens with zero attached hydrogens (tertiary/aromatic N) is 3. The van der Waals surface area contributed by atoms with Crippen LogP contribution in [0.25, 0.3) is 11.0 Å². The maximum Gasteiger partial charge on any atom is 0.278 e. The minimum atomic E-state index is -0.311. The molecule has 1 fully saturated rings. The third kappa shape index (κ3) is 4.54. The number of nitrogens with one attached hydrogen (secondary N) is 2. The Hall–Kier alpha value is -2.17. The number of aromatic nitrogens is 4. The number of aromatic amines is 1. The van der Waals surface area contributed by atoms with Crippen molar-refractivity contribution in [2.45, 2.75) is 25.3 Å². The number of ether oxygens (including phenoxy) is 2. The van der Waals surface area contributed by atoms with Crippen molar-refractivity contribution in [1.82, 2.24) is 19.7 Å². The first-order valence-corrected chi connectivity index (χ1v) is 9.77. The largest absolute Gasteiger partial charge is 0.394 e. The van der Waals surface area contributed by atoms with E-state index < -0.39 is 0 Å². The molecule has 0 unspecified atom stereocenters. The lowest BCUT2D eigenvalue weighted by molar-refractivity contribution is -0.148. The van der Waals surface area contributed by atoms with E-state index >= 15 is 0 Å². The molecule has 0 bridgehead atoms. The number of hydrogen-bond acceptors (Lipinski definition) is 7. The third-order valence-electron chi connectivity index (χ3n) is 4.56. The smallest absolute Gasteiger partial charge is 0.278 e. The quantitative estimate of drug-likeness (QED) is 0.536. The minimum Gasteiger partial charge on any atom is -0.394 e. The van der Waals surface area contributed by atoms with Gasteiger partial charge < -0.3 is 19.9 Å². The third-order valence-corrected chi connectivity index (χ3v) is 5.30. The fourth-order valence-corrected chi connectivity index (χ4v) is 3.37. The van der Waals surface area contributed by atoms with Crippen LogP contribution in [0, 0.1) is 0 Å². The average molecular weight is 440 g/mol. The molecule has 3 aromatic rings. The zero-order chi connectivity index (χ0) is 20.4. The molecule has 1 aliphatic heterocycles. The van der Waals surface area contributed by atoms with Crippen molar-refractivity contribution in [1.29, 1.82) is 0 Å². The van der Waals surface area contributed by atoms with Gasteiger partial charge in [-0.05, 0) is 17.7 Å². The number of anilines is 1. The Bertz CT molecular complexity index is 1060. The Balaban J connectivity index is 1.47. The van der Waals surface area contributed by atoms with E-state index in [9.17, 15) is 4.79 Å². The first-order valence-electron chi connectivity index (χ1n) is 9.01. The van der Waals surface area contributed by atoms with Crippen molar-refractivity contribution < 1.29 is 14.6 Å². The summed E-state index contributed by atoms with van der Waals surface area (Å²) in [4.78, 5) is 19.7. The zero-order valence-electron chi connectivity index (χ0n) is 15.3. The highest BCUT2D eigenvalue weighted by Gasteiger charge is 2.23. The Morgan fingerprint density at radius 1 is 1.24 bits per heavy atom. The molecule has 0 saturated carbocycles. The van der Waals surface area contributed by atoms with E-state index in [1.165, 1.54) is 6.20 Å². The van der Waals surface area contributed by atoms with Crippen LogP contribution in [0.4, 0.5) is 5.95 Å². The highest BCUT2D eigenvalue weighted by atomic mass is 35.5. The second-order valence-corrected chi connectivity index (χ2v) is 7.48. The van der Waals surface area contributed by atoms with E-state index in [2.05, 4.69) is 20.4 Å². The van der Waals surface area contributed by atoms with Crippen molar-refractivity contribution >= 4 is 40.2 Å². The fraction of sp³-hybridized carbons (Fsp3) is 0.389. The molecule has 11 heteroatoms. The van der Waals surface area contributed by atoms with Crippen molar-refractivity contribution in [2.75, 3.05) is 25.1 Å². The van der Waals surface area contributed by atoms with Crippen LogP contribution in [0.5, 0.6) is 0 Å². The normalized spacial score (nSPS) is 19.6. The van der Waals surface area contributed by atoms with Crippen molar-refractivity contribution in [3.63, 3.8) is 0 Å². The number of fused-ring (bicyclic) bond motifs is 1. The van der Waals surface area contributed by atoms with Crippen LogP contribution in [0.1, 0.15) is 5.56 Å². The summed E-state index contributed by atoms with van der Waals surface area (Å²) in [5.74, 6) is 0.330. The van der Waals surface area contributed by atoms with E-state index in [4.69, 9.17) is 37.8 Å². The Morgan fingerprint density at radius 2 is 2.03 bits per heavy atom. The van der Waals surface area contributed by atoms with Crippen molar-refractivity contribution in [3.8, 4) is 0 Å². The SMILES string of the molecule is O=c1[nH]c(NCc2ccc(Cl)c(Cl)c2)nc2cnn(C[C@@H]3CO[C@@H](CO)CO3)c12. The second kappa shape index (κ2) is 8.68. The van der Waals surface area contributed by atoms with Gasteiger partial charge in [-0.1, -0.05) is 29.3 Å². The zero-order valence-corrected chi connectivity index (χ0v) is 16.8. The molecule has 1 aliphatic rings. The van der Waals surface area contributed by atoms with Gasteiger partial charge in [0.25, 0.3) is 5.56 Å². The fourth-order valence-electron chi connectivity index (χ4n) is 3.05. The van der Waals surface area contributed by atoms with Crippen LogP contribution >= 0.6 is 23.2 Å². The van der Waals surface area contributed by atoms with Crippen LogP contribution in [-0.4, -0.2) is 56.9 Å². The van der Waals surface area contributed by atoms with E-state index in [-0.39, 0.29) is 24.4 Å². The molecule has 9 nitrogen and oxygen atoms in total. The summed E-state index contributed by atoms with van der Waals surface area (Å²) < 4.78 is 12.7. The lowest BCUT2D eigenvalue weighted by Crippen LogP contribution is -2.40. The summed E-state index contributed by atoms with van der Waals surface area (Å²) in [7, 11) is 0. The van der Waals surface area contributed by atoms with Gasteiger partial charge in [-0.3, -0.25) is 14.5 Å².